The number of aliphatic hydroxyl groups is 1. The Kier molecular flexibility index (Phi) is 8.91. The Morgan fingerprint density at radius 3 is 2.70 bits per heavy atom. The summed E-state index contributed by atoms with van der Waals surface area (Å²) in [6.45, 7) is 10.2. The lowest BCUT2D eigenvalue weighted by Crippen LogP contribution is -2.60. The van der Waals surface area contributed by atoms with E-state index < -0.39 is 6.61 Å². The summed E-state index contributed by atoms with van der Waals surface area (Å²) in [6.07, 6.45) is 10.0. The number of piperidine rings is 1. The average Bonchev–Trinajstić information content (AvgIpc) is 3.02. The van der Waals surface area contributed by atoms with Crippen molar-refractivity contribution in [1.29, 1.82) is 5.26 Å². The standard InChI is InChI=1S/C32H40N8O4/c1-22-15-27(7-10-40(22)29(42)18-41)44-28-4-3-23(16-24(28)17-33)30-34-21-35-31(37-30)36-25-5-8-32(2,9-6-25)39-13-11-38(12-14-39)26-19-43-20-26/h3-6,8,16,21-22,26-27,41H,7,9-15,18-20H2,1-2H3,(H,34,35,36,37)/t22-,27-,32?/m0/s1. The van der Waals surface area contributed by atoms with E-state index in [2.05, 4.69) is 61.3 Å². The first-order valence-electron chi connectivity index (χ1n) is 15.4. The van der Waals surface area contributed by atoms with Crippen molar-refractivity contribution in [3.8, 4) is 23.2 Å². The first kappa shape index (κ1) is 30.1. The number of likely N-dealkylation sites (tertiary alicyclic amines) is 1. The number of hydrogen-bond acceptors (Lipinski definition) is 11. The predicted molar refractivity (Wildman–Crippen MR) is 164 cm³/mol. The highest BCUT2D eigenvalue weighted by Crippen LogP contribution is 2.31. The summed E-state index contributed by atoms with van der Waals surface area (Å²) in [6, 6.07) is 8.11. The Bertz CT molecular complexity index is 1460. The Morgan fingerprint density at radius 1 is 1.23 bits per heavy atom. The molecule has 1 aliphatic carbocycles. The molecular weight excluding hydrogens is 560 g/mol. The van der Waals surface area contributed by atoms with Gasteiger partial charge in [-0.15, -0.1) is 0 Å². The third kappa shape index (κ3) is 6.46. The Labute approximate surface area is 258 Å². The highest BCUT2D eigenvalue weighted by molar-refractivity contribution is 5.77. The van der Waals surface area contributed by atoms with Crippen LogP contribution in [0.4, 0.5) is 5.95 Å². The van der Waals surface area contributed by atoms with Crippen LogP contribution in [0.1, 0.15) is 38.7 Å². The molecule has 1 aromatic carbocycles. The Balaban J connectivity index is 1.06. The molecule has 12 heteroatoms. The lowest BCUT2D eigenvalue weighted by molar-refractivity contribution is -0.138. The summed E-state index contributed by atoms with van der Waals surface area (Å²) < 4.78 is 11.6. The maximum absolute atomic E-state index is 11.9. The van der Waals surface area contributed by atoms with E-state index in [0.717, 1.165) is 51.5 Å². The fourth-order valence-electron chi connectivity index (χ4n) is 6.44. The van der Waals surface area contributed by atoms with Gasteiger partial charge in [-0.25, -0.2) is 9.97 Å². The van der Waals surface area contributed by atoms with E-state index in [9.17, 15) is 15.2 Å². The van der Waals surface area contributed by atoms with Gasteiger partial charge in [-0.05, 0) is 44.5 Å². The number of ether oxygens (including phenoxy) is 2. The fourth-order valence-corrected chi connectivity index (χ4v) is 6.44. The molecule has 0 saturated carbocycles. The third-order valence-corrected chi connectivity index (χ3v) is 9.29. The molecule has 0 spiro atoms. The summed E-state index contributed by atoms with van der Waals surface area (Å²) in [5, 5.41) is 22.4. The van der Waals surface area contributed by atoms with Crippen LogP contribution < -0.4 is 10.1 Å². The molecule has 3 atom stereocenters. The van der Waals surface area contributed by atoms with Gasteiger partial charge in [-0.1, -0.05) is 12.2 Å². The molecule has 0 radical (unpaired) electrons. The molecule has 4 heterocycles. The number of amides is 1. The summed E-state index contributed by atoms with van der Waals surface area (Å²) in [5.74, 6) is 1.10. The van der Waals surface area contributed by atoms with Gasteiger partial charge in [0.2, 0.25) is 11.9 Å². The number of nitrogens with zero attached hydrogens (tertiary/aromatic N) is 7. The van der Waals surface area contributed by atoms with E-state index in [4.69, 9.17) is 9.47 Å². The van der Waals surface area contributed by atoms with E-state index in [-0.39, 0.29) is 23.6 Å². The van der Waals surface area contributed by atoms with E-state index in [1.165, 1.54) is 6.33 Å². The second-order valence-electron chi connectivity index (χ2n) is 12.2. The summed E-state index contributed by atoms with van der Waals surface area (Å²) in [5.41, 5.74) is 1.98. The van der Waals surface area contributed by atoms with E-state index in [1.54, 1.807) is 17.0 Å². The van der Waals surface area contributed by atoms with Gasteiger partial charge < -0.3 is 24.8 Å². The van der Waals surface area contributed by atoms with Crippen molar-refractivity contribution in [3.63, 3.8) is 0 Å². The summed E-state index contributed by atoms with van der Waals surface area (Å²) in [4.78, 5) is 32.0. The van der Waals surface area contributed by atoms with Gasteiger partial charge >= 0.3 is 0 Å². The largest absolute Gasteiger partial charge is 0.489 e. The van der Waals surface area contributed by atoms with Crippen LogP contribution in [-0.4, -0.2) is 117 Å². The number of rotatable bonds is 8. The zero-order chi connectivity index (χ0) is 30.7. The molecule has 1 unspecified atom stereocenters. The number of nitriles is 1. The molecule has 2 N–H and O–H groups in total. The molecule has 44 heavy (non-hydrogen) atoms. The van der Waals surface area contributed by atoms with Gasteiger partial charge in [-0.2, -0.15) is 10.2 Å². The second kappa shape index (κ2) is 13.0. The first-order valence-corrected chi connectivity index (χ1v) is 15.4. The quantitative estimate of drug-likeness (QED) is 0.461. The molecule has 1 aromatic heterocycles. The number of carbonyl (C=O) groups is 1. The van der Waals surface area contributed by atoms with E-state index >= 15 is 0 Å². The Hall–Kier alpha value is -3.89. The molecule has 232 valence electrons. The van der Waals surface area contributed by atoms with Gasteiger partial charge in [0.1, 0.15) is 30.9 Å². The number of aliphatic hydroxyl groups excluding tert-OH is 1. The minimum Gasteiger partial charge on any atom is -0.489 e. The van der Waals surface area contributed by atoms with Crippen molar-refractivity contribution < 1.29 is 19.4 Å². The number of benzene rings is 1. The highest BCUT2D eigenvalue weighted by atomic mass is 16.5. The molecule has 3 saturated heterocycles. The van der Waals surface area contributed by atoms with E-state index in [0.29, 0.717) is 54.1 Å². The number of allylic oxidation sites excluding steroid dienone is 1. The molecule has 2 aromatic rings. The summed E-state index contributed by atoms with van der Waals surface area (Å²) >= 11 is 0. The van der Waals surface area contributed by atoms with Crippen molar-refractivity contribution in [2.75, 3.05) is 57.9 Å². The van der Waals surface area contributed by atoms with Crippen LogP contribution in [-0.2, 0) is 9.53 Å². The number of hydrogen-bond donors (Lipinski definition) is 2. The molecule has 4 aliphatic rings. The van der Waals surface area contributed by atoms with Crippen molar-refractivity contribution in [2.24, 2.45) is 0 Å². The molecular formula is C32H40N8O4. The third-order valence-electron chi connectivity index (χ3n) is 9.29. The van der Waals surface area contributed by atoms with Gasteiger partial charge in [0.05, 0.1) is 24.8 Å². The van der Waals surface area contributed by atoms with Gasteiger partial charge in [0, 0.05) is 68.4 Å². The maximum Gasteiger partial charge on any atom is 0.248 e. The molecule has 12 nitrogen and oxygen atoms in total. The lowest BCUT2D eigenvalue weighted by atomic mass is 9.89. The summed E-state index contributed by atoms with van der Waals surface area (Å²) in [7, 11) is 0. The van der Waals surface area contributed by atoms with Crippen LogP contribution in [0.25, 0.3) is 11.4 Å². The zero-order valence-electron chi connectivity index (χ0n) is 25.4. The first-order chi connectivity index (χ1) is 21.3. The molecule has 3 aliphatic heterocycles. The zero-order valence-corrected chi connectivity index (χ0v) is 25.4. The predicted octanol–water partition coefficient (Wildman–Crippen LogP) is 2.19. The number of nitrogens with one attached hydrogen (secondary N) is 1. The minimum absolute atomic E-state index is 0.0267. The number of aromatic nitrogens is 3. The van der Waals surface area contributed by atoms with Gasteiger partial charge in [0.15, 0.2) is 5.82 Å². The van der Waals surface area contributed by atoms with Crippen molar-refractivity contribution in [2.45, 2.75) is 56.8 Å². The smallest absolute Gasteiger partial charge is 0.248 e. The Morgan fingerprint density at radius 2 is 2.05 bits per heavy atom. The van der Waals surface area contributed by atoms with E-state index in [1.807, 2.05) is 13.0 Å². The van der Waals surface area contributed by atoms with Gasteiger partial charge in [0.25, 0.3) is 0 Å². The fraction of sp³-hybridized carbons (Fsp3) is 0.531. The topological polar surface area (TPSA) is 140 Å². The lowest BCUT2D eigenvalue weighted by Gasteiger charge is -2.48. The van der Waals surface area contributed by atoms with Crippen molar-refractivity contribution in [1.82, 2.24) is 29.7 Å². The monoisotopic (exact) mass is 600 g/mol. The SMILES string of the molecule is C[C@H]1C[C@@H](Oc2ccc(-c3ncnc(NC4=CCC(C)(N5CCN(C6COC6)CC5)C=C4)n3)cc2C#N)CCN1C(=O)CO. The van der Waals surface area contributed by atoms with Crippen molar-refractivity contribution in [3.05, 3.63) is 54.0 Å². The van der Waals surface area contributed by atoms with Crippen LogP contribution in [0.2, 0.25) is 0 Å². The van der Waals surface area contributed by atoms with Crippen LogP contribution in [0, 0.1) is 11.3 Å². The van der Waals surface area contributed by atoms with Crippen LogP contribution in [0.15, 0.2) is 48.5 Å². The molecule has 1 amide bonds. The second-order valence-corrected chi connectivity index (χ2v) is 12.2. The average molecular weight is 601 g/mol. The van der Waals surface area contributed by atoms with Crippen LogP contribution in [0.5, 0.6) is 5.75 Å². The van der Waals surface area contributed by atoms with Crippen LogP contribution >= 0.6 is 0 Å². The molecule has 3 fully saturated rings. The number of carbonyl (C=O) groups excluding carboxylic acids is 1. The minimum atomic E-state index is -0.493. The number of piperazine rings is 1. The molecule has 6 rings (SSSR count). The maximum atomic E-state index is 11.9. The number of anilines is 1. The molecule has 0 bridgehead atoms. The van der Waals surface area contributed by atoms with Crippen molar-refractivity contribution >= 4 is 11.9 Å². The van der Waals surface area contributed by atoms with Gasteiger partial charge in [-0.3, -0.25) is 14.6 Å². The van der Waals surface area contributed by atoms with Crippen LogP contribution in [0.3, 0.4) is 0 Å². The highest BCUT2D eigenvalue weighted by Gasteiger charge is 2.36. The normalized spacial score (nSPS) is 26.4.